The third-order valence-electron chi connectivity index (χ3n) is 2.86. The lowest BCUT2D eigenvalue weighted by Crippen LogP contribution is -2.17. The van der Waals surface area contributed by atoms with Crippen molar-refractivity contribution in [3.8, 4) is 0 Å². The number of halogens is 3. The van der Waals surface area contributed by atoms with Crippen LogP contribution in [0.15, 0.2) is 34.8 Å². The molecule has 0 fully saturated rings. The molecule has 0 atom stereocenters. The van der Waals surface area contributed by atoms with E-state index in [1.165, 1.54) is 0 Å². The van der Waals surface area contributed by atoms with Gasteiger partial charge in [0, 0.05) is 15.8 Å². The number of nitrogen functional groups attached to an aromatic ring is 1. The first kappa shape index (κ1) is 14.5. The van der Waals surface area contributed by atoms with Gasteiger partial charge in [0.05, 0.1) is 0 Å². The first-order valence-electron chi connectivity index (χ1n) is 5.71. The number of nitrogens with one attached hydrogen (secondary N) is 1. The van der Waals surface area contributed by atoms with Crippen molar-refractivity contribution in [3.63, 3.8) is 0 Å². The fourth-order valence-electron chi connectivity index (χ4n) is 1.73. The largest absolute Gasteiger partial charge is 0.398 e. The van der Waals surface area contributed by atoms with Crippen molar-refractivity contribution in [2.75, 3.05) is 11.1 Å². The number of hydrogen-bond donors (Lipinski definition) is 2. The maximum atomic E-state index is 13.7. The highest BCUT2D eigenvalue weighted by atomic mass is 79.9. The first-order chi connectivity index (χ1) is 9.40. The maximum Gasteiger partial charge on any atom is 0.261 e. The SMILES string of the molecule is Cc1c(N)cccc1NC(=O)c1c(F)cc(Br)cc1F. The molecule has 0 spiro atoms. The van der Waals surface area contributed by atoms with Gasteiger partial charge in [-0.15, -0.1) is 0 Å². The second kappa shape index (κ2) is 5.58. The molecular weight excluding hydrogens is 330 g/mol. The number of amides is 1. The van der Waals surface area contributed by atoms with Crippen LogP contribution in [-0.4, -0.2) is 5.91 Å². The average molecular weight is 341 g/mol. The molecule has 20 heavy (non-hydrogen) atoms. The molecule has 3 N–H and O–H groups in total. The molecular formula is C14H11BrF2N2O. The van der Waals surface area contributed by atoms with E-state index in [-0.39, 0.29) is 4.47 Å². The summed E-state index contributed by atoms with van der Waals surface area (Å²) in [5.41, 5.74) is 6.62. The lowest BCUT2D eigenvalue weighted by molar-refractivity contribution is 0.101. The number of hydrogen-bond acceptors (Lipinski definition) is 2. The number of carbonyl (C=O) groups is 1. The van der Waals surface area contributed by atoms with Crippen LogP contribution in [0.25, 0.3) is 0 Å². The molecule has 2 rings (SSSR count). The molecule has 2 aromatic carbocycles. The predicted octanol–water partition coefficient (Wildman–Crippen LogP) is 3.87. The molecule has 0 unspecified atom stereocenters. The number of carbonyl (C=O) groups excluding carboxylic acids is 1. The Balaban J connectivity index is 2.36. The highest BCUT2D eigenvalue weighted by Gasteiger charge is 2.19. The van der Waals surface area contributed by atoms with Gasteiger partial charge in [0.25, 0.3) is 5.91 Å². The second-order valence-electron chi connectivity index (χ2n) is 4.22. The minimum atomic E-state index is -0.934. The molecule has 6 heteroatoms. The van der Waals surface area contributed by atoms with Gasteiger partial charge in [-0.2, -0.15) is 0 Å². The molecule has 0 heterocycles. The minimum absolute atomic E-state index is 0.226. The molecule has 0 saturated heterocycles. The van der Waals surface area contributed by atoms with Gasteiger partial charge in [0.1, 0.15) is 17.2 Å². The molecule has 0 aliphatic carbocycles. The molecule has 0 bridgehead atoms. The summed E-state index contributed by atoms with van der Waals surface area (Å²) in [7, 11) is 0. The highest BCUT2D eigenvalue weighted by Crippen LogP contribution is 2.24. The number of rotatable bonds is 2. The first-order valence-corrected chi connectivity index (χ1v) is 6.50. The molecule has 2 aromatic rings. The number of anilines is 2. The van der Waals surface area contributed by atoms with Crippen molar-refractivity contribution in [1.29, 1.82) is 0 Å². The van der Waals surface area contributed by atoms with Crippen molar-refractivity contribution in [2.24, 2.45) is 0 Å². The molecule has 0 aliphatic heterocycles. The second-order valence-corrected chi connectivity index (χ2v) is 5.13. The Hall–Kier alpha value is -1.95. The van der Waals surface area contributed by atoms with Gasteiger partial charge in [-0.25, -0.2) is 8.78 Å². The molecule has 3 nitrogen and oxygen atoms in total. The van der Waals surface area contributed by atoms with Gasteiger partial charge in [0.2, 0.25) is 0 Å². The summed E-state index contributed by atoms with van der Waals surface area (Å²) >= 11 is 2.96. The van der Waals surface area contributed by atoms with E-state index in [4.69, 9.17) is 5.73 Å². The Morgan fingerprint density at radius 2 is 1.85 bits per heavy atom. The Kier molecular flexibility index (Phi) is 4.04. The smallest absolute Gasteiger partial charge is 0.261 e. The topological polar surface area (TPSA) is 55.1 Å². The summed E-state index contributed by atoms with van der Waals surface area (Å²) in [6.07, 6.45) is 0. The van der Waals surface area contributed by atoms with Gasteiger partial charge in [-0.3, -0.25) is 4.79 Å². The van der Waals surface area contributed by atoms with E-state index >= 15 is 0 Å². The van der Waals surface area contributed by atoms with E-state index in [9.17, 15) is 13.6 Å². The monoisotopic (exact) mass is 340 g/mol. The summed E-state index contributed by atoms with van der Waals surface area (Å²) in [4.78, 5) is 12.0. The quantitative estimate of drug-likeness (QED) is 0.815. The fraction of sp³-hybridized carbons (Fsp3) is 0.0714. The molecule has 0 aliphatic rings. The zero-order valence-corrected chi connectivity index (χ0v) is 12.1. The Bertz CT molecular complexity index is 666. The van der Waals surface area contributed by atoms with Crippen LogP contribution < -0.4 is 11.1 Å². The zero-order valence-electron chi connectivity index (χ0n) is 10.5. The van der Waals surface area contributed by atoms with Gasteiger partial charge in [-0.1, -0.05) is 22.0 Å². The molecule has 104 valence electrons. The van der Waals surface area contributed by atoms with E-state index in [1.807, 2.05) is 0 Å². The highest BCUT2D eigenvalue weighted by molar-refractivity contribution is 9.10. The van der Waals surface area contributed by atoms with Crippen LogP contribution in [0.5, 0.6) is 0 Å². The van der Waals surface area contributed by atoms with Crippen LogP contribution in [0.2, 0.25) is 0 Å². The lowest BCUT2D eigenvalue weighted by Gasteiger charge is -2.11. The van der Waals surface area contributed by atoms with Crippen molar-refractivity contribution in [3.05, 3.63) is 57.6 Å². The maximum absolute atomic E-state index is 13.7. The fourth-order valence-corrected chi connectivity index (χ4v) is 2.13. The van der Waals surface area contributed by atoms with Crippen LogP contribution in [0.4, 0.5) is 20.2 Å². The molecule has 0 aromatic heterocycles. The van der Waals surface area contributed by atoms with Crippen LogP contribution >= 0.6 is 15.9 Å². The Morgan fingerprint density at radius 1 is 1.25 bits per heavy atom. The van der Waals surface area contributed by atoms with Crippen molar-refractivity contribution >= 4 is 33.2 Å². The van der Waals surface area contributed by atoms with Crippen LogP contribution in [0, 0.1) is 18.6 Å². The molecule has 0 radical (unpaired) electrons. The minimum Gasteiger partial charge on any atom is -0.398 e. The standard InChI is InChI=1S/C14H11BrF2N2O/c1-7-11(18)3-2-4-12(7)19-14(20)13-9(16)5-8(15)6-10(13)17/h2-6H,18H2,1H3,(H,19,20). The summed E-state index contributed by atoms with van der Waals surface area (Å²) in [6, 6.07) is 6.99. The Morgan fingerprint density at radius 3 is 2.45 bits per heavy atom. The van der Waals surface area contributed by atoms with Gasteiger partial charge >= 0.3 is 0 Å². The summed E-state index contributed by atoms with van der Waals surface area (Å²) < 4.78 is 27.6. The third-order valence-corrected chi connectivity index (χ3v) is 3.32. The zero-order chi connectivity index (χ0) is 14.9. The predicted molar refractivity (Wildman–Crippen MR) is 77.6 cm³/mol. The number of benzene rings is 2. The van der Waals surface area contributed by atoms with Crippen molar-refractivity contribution < 1.29 is 13.6 Å². The summed E-state index contributed by atoms with van der Waals surface area (Å²) in [5.74, 6) is -2.73. The summed E-state index contributed by atoms with van der Waals surface area (Å²) in [6.45, 7) is 1.71. The Labute approximate surface area is 122 Å². The van der Waals surface area contributed by atoms with E-state index in [2.05, 4.69) is 21.2 Å². The van der Waals surface area contributed by atoms with Crippen LogP contribution in [0.3, 0.4) is 0 Å². The van der Waals surface area contributed by atoms with Gasteiger partial charge < -0.3 is 11.1 Å². The average Bonchev–Trinajstić information content (AvgIpc) is 2.33. The van der Waals surface area contributed by atoms with E-state index < -0.39 is 23.1 Å². The van der Waals surface area contributed by atoms with Gasteiger partial charge in [-0.05, 0) is 36.8 Å². The van der Waals surface area contributed by atoms with Crippen molar-refractivity contribution in [2.45, 2.75) is 6.92 Å². The summed E-state index contributed by atoms with van der Waals surface area (Å²) in [5, 5.41) is 2.45. The lowest BCUT2D eigenvalue weighted by atomic mass is 10.1. The van der Waals surface area contributed by atoms with E-state index in [0.717, 1.165) is 12.1 Å². The van der Waals surface area contributed by atoms with Crippen molar-refractivity contribution in [1.82, 2.24) is 0 Å². The molecule has 1 amide bonds. The molecule has 0 saturated carbocycles. The number of nitrogens with two attached hydrogens (primary N) is 1. The third kappa shape index (κ3) is 2.80. The van der Waals surface area contributed by atoms with Crippen LogP contribution in [0.1, 0.15) is 15.9 Å². The van der Waals surface area contributed by atoms with E-state index in [1.54, 1.807) is 25.1 Å². The van der Waals surface area contributed by atoms with E-state index in [0.29, 0.717) is 16.9 Å². The normalized spacial score (nSPS) is 10.4. The van der Waals surface area contributed by atoms with Crippen LogP contribution in [-0.2, 0) is 0 Å². The van der Waals surface area contributed by atoms with Gasteiger partial charge in [0.15, 0.2) is 0 Å².